The van der Waals surface area contributed by atoms with E-state index in [9.17, 15) is 20.1 Å². The molecule has 0 aliphatic carbocycles. The molecule has 6 atom stereocenters. The zero-order chi connectivity index (χ0) is 31.1. The molecule has 1 saturated heterocycles. The first-order valence-corrected chi connectivity index (χ1v) is 18.2. The van der Waals surface area contributed by atoms with Gasteiger partial charge in [0.2, 0.25) is 0 Å². The highest BCUT2D eigenvalue weighted by Gasteiger charge is 2.30. The Labute approximate surface area is 263 Å². The molecule has 0 spiro atoms. The predicted octanol–water partition coefficient (Wildman–Crippen LogP) is 8.65. The molecule has 6 nitrogen and oxygen atoms in total. The number of hydrogen-bond donors (Lipinski definition) is 3. The van der Waals surface area contributed by atoms with Gasteiger partial charge in [0.15, 0.2) is 0 Å². The van der Waals surface area contributed by atoms with Gasteiger partial charge in [-0.2, -0.15) is 0 Å². The van der Waals surface area contributed by atoms with Gasteiger partial charge >= 0.3 is 5.97 Å². The maximum Gasteiger partial charge on any atom is 0.334 e. The Morgan fingerprint density at radius 1 is 0.767 bits per heavy atom. The monoisotopic (exact) mass is 606 g/mol. The largest absolute Gasteiger partial charge is 0.455 e. The number of aliphatic hydroxyl groups excluding tert-OH is 3. The van der Waals surface area contributed by atoms with Gasteiger partial charge in [-0.3, -0.25) is 0 Å². The molecule has 2 aliphatic rings. The fourth-order valence-electron chi connectivity index (χ4n) is 6.44. The predicted molar refractivity (Wildman–Crippen MR) is 176 cm³/mol. The van der Waals surface area contributed by atoms with Crippen LogP contribution < -0.4 is 0 Å². The summed E-state index contributed by atoms with van der Waals surface area (Å²) in [5.41, 5.74) is 0.870. The van der Waals surface area contributed by atoms with Crippen molar-refractivity contribution in [3.05, 3.63) is 23.8 Å². The summed E-state index contributed by atoms with van der Waals surface area (Å²) in [4.78, 5) is 11.6. The Morgan fingerprint density at radius 2 is 1.40 bits per heavy atom. The topological polar surface area (TPSA) is 96.2 Å². The summed E-state index contributed by atoms with van der Waals surface area (Å²) in [6, 6.07) is 0. The summed E-state index contributed by atoms with van der Waals surface area (Å²) < 4.78 is 11.3. The molecule has 3 N–H and O–H groups in total. The van der Waals surface area contributed by atoms with Crippen molar-refractivity contribution >= 4 is 5.97 Å². The van der Waals surface area contributed by atoms with Crippen LogP contribution in [0.4, 0.5) is 0 Å². The molecule has 0 amide bonds. The molecule has 0 aromatic rings. The third-order valence-corrected chi connectivity index (χ3v) is 9.25. The van der Waals surface area contributed by atoms with Gasteiger partial charge in [0.25, 0.3) is 0 Å². The molecule has 0 saturated carbocycles. The van der Waals surface area contributed by atoms with Crippen molar-refractivity contribution in [3.63, 3.8) is 0 Å². The fourth-order valence-corrected chi connectivity index (χ4v) is 6.44. The van der Waals surface area contributed by atoms with E-state index in [0.717, 1.165) is 63.4 Å². The number of rotatable bonds is 27. The van der Waals surface area contributed by atoms with E-state index in [2.05, 4.69) is 19.1 Å². The normalized spacial score (nSPS) is 22.7. The van der Waals surface area contributed by atoms with Crippen molar-refractivity contribution in [1.29, 1.82) is 0 Å². The molecular formula is C37H66O6. The molecule has 0 unspecified atom stereocenters. The van der Waals surface area contributed by atoms with E-state index in [0.29, 0.717) is 25.4 Å². The molecule has 250 valence electrons. The van der Waals surface area contributed by atoms with Crippen molar-refractivity contribution in [2.45, 2.75) is 205 Å². The number of hydrogen-bond acceptors (Lipinski definition) is 6. The van der Waals surface area contributed by atoms with Crippen LogP contribution in [0.5, 0.6) is 0 Å². The summed E-state index contributed by atoms with van der Waals surface area (Å²) in [5.74, 6) is -0.117. The van der Waals surface area contributed by atoms with Gasteiger partial charge in [0, 0.05) is 5.57 Å². The second-order valence-corrected chi connectivity index (χ2v) is 13.3. The van der Waals surface area contributed by atoms with Gasteiger partial charge in [-0.25, -0.2) is 4.79 Å². The summed E-state index contributed by atoms with van der Waals surface area (Å²) in [6.45, 7) is 4.12. The SMILES string of the molecule is CCCCC/C=C\CC[C@@H](O)[C@H](O)CCCC[C@@H](O)[C@H]1CC[C@H](CCCCCCCCCCCCC2=C[C@H](C)OC2=O)O1. The summed E-state index contributed by atoms with van der Waals surface area (Å²) in [6.07, 6.45) is 30.4. The number of unbranched alkanes of at least 4 members (excludes halogenated alkanes) is 13. The van der Waals surface area contributed by atoms with Gasteiger partial charge in [-0.05, 0) is 83.6 Å². The second kappa shape index (κ2) is 24.1. The quantitative estimate of drug-likeness (QED) is 0.0492. The number of carbonyl (C=O) groups is 1. The van der Waals surface area contributed by atoms with Gasteiger partial charge in [-0.15, -0.1) is 0 Å². The summed E-state index contributed by atoms with van der Waals surface area (Å²) in [7, 11) is 0. The van der Waals surface area contributed by atoms with Crippen molar-refractivity contribution in [2.75, 3.05) is 0 Å². The third kappa shape index (κ3) is 17.8. The van der Waals surface area contributed by atoms with Crippen molar-refractivity contribution in [3.8, 4) is 0 Å². The minimum Gasteiger partial charge on any atom is -0.455 e. The Hall–Kier alpha value is -1.21. The highest BCUT2D eigenvalue weighted by Crippen LogP contribution is 2.28. The van der Waals surface area contributed by atoms with Gasteiger partial charge < -0.3 is 24.8 Å². The maximum absolute atomic E-state index is 11.6. The highest BCUT2D eigenvalue weighted by atomic mass is 16.5. The van der Waals surface area contributed by atoms with E-state index in [1.807, 2.05) is 13.0 Å². The summed E-state index contributed by atoms with van der Waals surface area (Å²) in [5, 5.41) is 31.1. The van der Waals surface area contributed by atoms with Gasteiger partial charge in [0.05, 0.1) is 30.5 Å². The number of allylic oxidation sites excluding steroid dienone is 2. The van der Waals surface area contributed by atoms with Gasteiger partial charge in [-0.1, -0.05) is 103 Å². The van der Waals surface area contributed by atoms with Crippen LogP contribution in [0.25, 0.3) is 0 Å². The average Bonchev–Trinajstić information content (AvgIpc) is 3.60. The molecule has 2 aliphatic heterocycles. The van der Waals surface area contributed by atoms with E-state index in [1.54, 1.807) is 0 Å². The molecule has 2 rings (SSSR count). The zero-order valence-corrected chi connectivity index (χ0v) is 27.7. The van der Waals surface area contributed by atoms with Crippen molar-refractivity contribution in [2.24, 2.45) is 0 Å². The lowest BCUT2D eigenvalue weighted by Gasteiger charge is -2.20. The Kier molecular flexibility index (Phi) is 21.3. The lowest BCUT2D eigenvalue weighted by Crippen LogP contribution is -2.27. The lowest BCUT2D eigenvalue weighted by molar-refractivity contribution is -0.139. The molecule has 0 radical (unpaired) electrons. The molecule has 0 aromatic carbocycles. The van der Waals surface area contributed by atoms with E-state index in [-0.39, 0.29) is 18.2 Å². The van der Waals surface area contributed by atoms with E-state index in [1.165, 1.54) is 77.0 Å². The van der Waals surface area contributed by atoms with Gasteiger partial charge in [0.1, 0.15) is 6.10 Å². The first kappa shape index (κ1) is 38.0. The second-order valence-electron chi connectivity index (χ2n) is 13.3. The Balaban J connectivity index is 1.36. The Bertz CT molecular complexity index is 764. The zero-order valence-electron chi connectivity index (χ0n) is 27.7. The molecule has 43 heavy (non-hydrogen) atoms. The number of cyclic esters (lactones) is 1. The highest BCUT2D eigenvalue weighted by molar-refractivity contribution is 5.90. The number of esters is 1. The first-order valence-electron chi connectivity index (χ1n) is 18.2. The van der Waals surface area contributed by atoms with E-state index in [4.69, 9.17) is 9.47 Å². The Morgan fingerprint density at radius 3 is 2.07 bits per heavy atom. The number of carbonyl (C=O) groups excluding carboxylic acids is 1. The molecule has 2 heterocycles. The van der Waals surface area contributed by atoms with Crippen LogP contribution in [0.1, 0.15) is 168 Å². The standard InChI is InChI=1S/C37H66O6/c1-3-4-5-6-11-16-19-24-33(38)34(39)25-20-21-26-35(40)36-28-27-32(43-36)23-18-15-13-10-8-7-9-12-14-17-22-31-29-30(2)42-37(31)41/h11,16,29-30,32-36,38-40H,3-10,12-15,17-28H2,1-2H3/b16-11-/t30-,32-,33+,34+,35+,36+/m0/s1. The van der Waals surface area contributed by atoms with Crippen molar-refractivity contribution in [1.82, 2.24) is 0 Å². The van der Waals surface area contributed by atoms with E-state index >= 15 is 0 Å². The molecule has 0 aromatic heterocycles. The molecule has 1 fully saturated rings. The van der Waals surface area contributed by atoms with Crippen LogP contribution >= 0.6 is 0 Å². The number of aliphatic hydroxyl groups is 3. The number of ether oxygens (including phenoxy) is 2. The van der Waals surface area contributed by atoms with E-state index < -0.39 is 18.3 Å². The van der Waals surface area contributed by atoms with Crippen LogP contribution in [-0.4, -0.2) is 57.9 Å². The third-order valence-electron chi connectivity index (χ3n) is 9.25. The molecule has 0 bridgehead atoms. The van der Waals surface area contributed by atoms with Crippen LogP contribution in [0, 0.1) is 0 Å². The minimum absolute atomic E-state index is 0.0445. The lowest BCUT2D eigenvalue weighted by atomic mass is 9.99. The molecular weight excluding hydrogens is 540 g/mol. The first-order chi connectivity index (χ1) is 20.9. The fraction of sp³-hybridized carbons (Fsp3) is 0.865. The minimum atomic E-state index is -0.679. The maximum atomic E-state index is 11.6. The average molecular weight is 607 g/mol. The molecule has 6 heteroatoms. The smallest absolute Gasteiger partial charge is 0.334 e. The van der Waals surface area contributed by atoms with Crippen LogP contribution in [0.3, 0.4) is 0 Å². The van der Waals surface area contributed by atoms with Crippen LogP contribution in [-0.2, 0) is 14.3 Å². The van der Waals surface area contributed by atoms with Crippen LogP contribution in [0.2, 0.25) is 0 Å². The van der Waals surface area contributed by atoms with Crippen LogP contribution in [0.15, 0.2) is 23.8 Å². The summed E-state index contributed by atoms with van der Waals surface area (Å²) >= 11 is 0. The van der Waals surface area contributed by atoms with Crippen molar-refractivity contribution < 1.29 is 29.6 Å².